The van der Waals surface area contributed by atoms with E-state index in [1.165, 1.54) is 6.42 Å². The van der Waals surface area contributed by atoms with E-state index in [-0.39, 0.29) is 17.2 Å². The highest BCUT2D eigenvalue weighted by atomic mass is 16.5. The van der Waals surface area contributed by atoms with Crippen LogP contribution in [0.1, 0.15) is 73.6 Å². The van der Waals surface area contributed by atoms with E-state index in [2.05, 4.69) is 66.0 Å². The van der Waals surface area contributed by atoms with E-state index in [9.17, 15) is 0 Å². The maximum absolute atomic E-state index is 6.71. The zero-order chi connectivity index (χ0) is 18.2. The molecule has 1 aliphatic heterocycles. The van der Waals surface area contributed by atoms with E-state index >= 15 is 0 Å². The Kier molecular flexibility index (Phi) is 5.31. The molecule has 0 amide bonds. The van der Waals surface area contributed by atoms with Gasteiger partial charge in [-0.25, -0.2) is 0 Å². The summed E-state index contributed by atoms with van der Waals surface area (Å²) in [6.07, 6.45) is 15.1. The van der Waals surface area contributed by atoms with Crippen LogP contribution in [0.3, 0.4) is 0 Å². The van der Waals surface area contributed by atoms with Crippen LogP contribution in [0.15, 0.2) is 28.8 Å². The molecule has 6 atom stereocenters. The second kappa shape index (κ2) is 7.02. The predicted molar refractivity (Wildman–Crippen MR) is 107 cm³/mol. The standard InChI is InChI=1S/C23H37NO/c1-7-20(25-22(8-2)10-9-17(5)13-22)12-19(11-16(3)4)23-14-21(23)18(6)15-24-23/h9-10,12,15-18,20-21H,7-8,11,13-14H2,1-6H3/b19-12+/t17-,18+,20?,21?,22+,23-/m1/s1. The maximum Gasteiger partial charge on any atom is 0.0873 e. The number of rotatable bonds is 8. The molecule has 3 rings (SSSR count). The minimum Gasteiger partial charge on any atom is -0.364 e. The highest BCUT2D eigenvalue weighted by Gasteiger charge is 2.61. The van der Waals surface area contributed by atoms with E-state index in [4.69, 9.17) is 9.73 Å². The summed E-state index contributed by atoms with van der Waals surface area (Å²) in [5.41, 5.74) is 1.60. The molecule has 2 unspecified atom stereocenters. The predicted octanol–water partition coefficient (Wildman–Crippen LogP) is 5.98. The Hall–Kier alpha value is -0.890. The smallest absolute Gasteiger partial charge is 0.0873 e. The van der Waals surface area contributed by atoms with Crippen molar-refractivity contribution in [2.75, 3.05) is 0 Å². The second-order valence-electron chi connectivity index (χ2n) is 9.19. The van der Waals surface area contributed by atoms with Gasteiger partial charge in [0.2, 0.25) is 0 Å². The van der Waals surface area contributed by atoms with Gasteiger partial charge in [0, 0.05) is 6.21 Å². The van der Waals surface area contributed by atoms with E-state index in [1.54, 1.807) is 5.57 Å². The zero-order valence-electron chi connectivity index (χ0n) is 17.1. The molecule has 2 aliphatic carbocycles. The maximum atomic E-state index is 6.71. The number of fused-ring (bicyclic) bond motifs is 1. The molecule has 0 bridgehead atoms. The molecular weight excluding hydrogens is 306 g/mol. The highest BCUT2D eigenvalue weighted by molar-refractivity contribution is 5.70. The summed E-state index contributed by atoms with van der Waals surface area (Å²) in [6.45, 7) is 13.8. The van der Waals surface area contributed by atoms with Crippen LogP contribution >= 0.6 is 0 Å². The van der Waals surface area contributed by atoms with Gasteiger partial charge in [0.05, 0.1) is 17.2 Å². The number of ether oxygens (including phenoxy) is 1. The van der Waals surface area contributed by atoms with Crippen LogP contribution in [0.25, 0.3) is 0 Å². The van der Waals surface area contributed by atoms with Crippen LogP contribution in [0, 0.1) is 23.7 Å². The van der Waals surface area contributed by atoms with Gasteiger partial charge in [-0.15, -0.1) is 0 Å². The average molecular weight is 344 g/mol. The fourth-order valence-electron chi connectivity index (χ4n) is 4.90. The summed E-state index contributed by atoms with van der Waals surface area (Å²) in [5.74, 6) is 2.67. The minimum atomic E-state index is -0.0631. The average Bonchev–Trinajstić information content (AvgIpc) is 3.08. The molecule has 0 spiro atoms. The van der Waals surface area contributed by atoms with Gasteiger partial charge in [-0.1, -0.05) is 59.8 Å². The van der Waals surface area contributed by atoms with E-state index in [0.717, 1.165) is 31.6 Å². The van der Waals surface area contributed by atoms with Gasteiger partial charge >= 0.3 is 0 Å². The van der Waals surface area contributed by atoms with Crippen molar-refractivity contribution in [1.82, 2.24) is 0 Å². The van der Waals surface area contributed by atoms with Crippen molar-refractivity contribution < 1.29 is 4.74 Å². The zero-order valence-corrected chi connectivity index (χ0v) is 17.1. The van der Waals surface area contributed by atoms with Gasteiger partial charge in [0.1, 0.15) is 0 Å². The monoisotopic (exact) mass is 343 g/mol. The van der Waals surface area contributed by atoms with Gasteiger partial charge in [-0.05, 0) is 61.3 Å². The summed E-state index contributed by atoms with van der Waals surface area (Å²) < 4.78 is 6.71. The molecule has 2 heteroatoms. The van der Waals surface area contributed by atoms with Gasteiger partial charge in [-0.2, -0.15) is 0 Å². The largest absolute Gasteiger partial charge is 0.364 e. The van der Waals surface area contributed by atoms with Gasteiger partial charge < -0.3 is 4.74 Å². The molecule has 140 valence electrons. The first-order chi connectivity index (χ1) is 11.8. The normalized spacial score (nSPS) is 40.8. The lowest BCUT2D eigenvalue weighted by Crippen LogP contribution is -2.33. The van der Waals surface area contributed by atoms with Crippen LogP contribution < -0.4 is 0 Å². The second-order valence-corrected chi connectivity index (χ2v) is 9.19. The summed E-state index contributed by atoms with van der Waals surface area (Å²) in [7, 11) is 0. The molecule has 1 saturated carbocycles. The van der Waals surface area contributed by atoms with Gasteiger partial charge in [0.25, 0.3) is 0 Å². The first kappa shape index (κ1) is 18.9. The summed E-state index contributed by atoms with van der Waals surface area (Å²) in [4.78, 5) is 4.98. The molecule has 3 aliphatic rings. The first-order valence-electron chi connectivity index (χ1n) is 10.5. The Morgan fingerprint density at radius 3 is 2.48 bits per heavy atom. The molecular formula is C23H37NO. The third-order valence-corrected chi connectivity index (χ3v) is 6.51. The molecule has 25 heavy (non-hydrogen) atoms. The van der Waals surface area contributed by atoms with Gasteiger partial charge in [0.15, 0.2) is 0 Å². The molecule has 2 nitrogen and oxygen atoms in total. The number of hydrogen-bond donors (Lipinski definition) is 0. The third-order valence-electron chi connectivity index (χ3n) is 6.51. The summed E-state index contributed by atoms with van der Waals surface area (Å²) in [5, 5.41) is 0. The summed E-state index contributed by atoms with van der Waals surface area (Å²) >= 11 is 0. The van der Waals surface area contributed by atoms with Crippen molar-refractivity contribution in [3.05, 3.63) is 23.8 Å². The molecule has 0 saturated heterocycles. The van der Waals surface area contributed by atoms with Crippen LogP contribution in [0.4, 0.5) is 0 Å². The fraction of sp³-hybridized carbons (Fsp3) is 0.783. The van der Waals surface area contributed by atoms with Gasteiger partial charge in [-0.3, -0.25) is 4.99 Å². The van der Waals surface area contributed by atoms with Crippen molar-refractivity contribution in [2.24, 2.45) is 28.7 Å². The number of allylic oxidation sites excluding steroid dienone is 1. The van der Waals surface area contributed by atoms with Crippen LogP contribution in [0.2, 0.25) is 0 Å². The molecule has 0 aromatic rings. The molecule has 0 aromatic carbocycles. The Bertz CT molecular complexity index is 575. The van der Waals surface area contributed by atoms with E-state index in [0.29, 0.717) is 17.8 Å². The Morgan fingerprint density at radius 2 is 2.04 bits per heavy atom. The quantitative estimate of drug-likeness (QED) is 0.497. The third kappa shape index (κ3) is 3.65. The Labute approximate surface area is 154 Å². The van der Waals surface area contributed by atoms with Crippen LogP contribution in [-0.4, -0.2) is 23.5 Å². The number of aliphatic imine (C=N–C) groups is 1. The number of nitrogens with zero attached hydrogens (tertiary/aromatic N) is 1. The molecule has 1 heterocycles. The van der Waals surface area contributed by atoms with Crippen molar-refractivity contribution in [1.29, 1.82) is 0 Å². The summed E-state index contributed by atoms with van der Waals surface area (Å²) in [6, 6.07) is 0. The van der Waals surface area contributed by atoms with E-state index < -0.39 is 0 Å². The minimum absolute atomic E-state index is 0.0631. The van der Waals surface area contributed by atoms with Crippen molar-refractivity contribution >= 4 is 6.21 Å². The van der Waals surface area contributed by atoms with Crippen molar-refractivity contribution in [3.8, 4) is 0 Å². The lowest BCUT2D eigenvalue weighted by molar-refractivity contribution is -0.0502. The Morgan fingerprint density at radius 1 is 1.28 bits per heavy atom. The SMILES string of the molecule is CCC(/C=C(\CC(C)C)[C@]12CC1[C@@H](C)C=N2)O[C@@]1(CC)C=C[C@@H](C)C1. The molecule has 1 fully saturated rings. The number of hydrogen-bond acceptors (Lipinski definition) is 2. The van der Waals surface area contributed by atoms with Crippen molar-refractivity contribution in [3.63, 3.8) is 0 Å². The fourth-order valence-corrected chi connectivity index (χ4v) is 4.90. The van der Waals surface area contributed by atoms with Crippen LogP contribution in [0.5, 0.6) is 0 Å². The lowest BCUT2D eigenvalue weighted by Gasteiger charge is -2.32. The highest BCUT2D eigenvalue weighted by Crippen LogP contribution is 2.60. The molecule has 0 aromatic heterocycles. The molecule has 0 N–H and O–H groups in total. The Balaban J connectivity index is 1.80. The molecule has 0 radical (unpaired) electrons. The topological polar surface area (TPSA) is 21.6 Å². The van der Waals surface area contributed by atoms with E-state index in [1.807, 2.05) is 0 Å². The first-order valence-corrected chi connectivity index (χ1v) is 10.5. The van der Waals surface area contributed by atoms with Crippen LogP contribution in [-0.2, 0) is 4.74 Å². The lowest BCUT2D eigenvalue weighted by atomic mass is 9.90. The van der Waals surface area contributed by atoms with Crippen molar-refractivity contribution in [2.45, 2.75) is 90.9 Å².